The number of hydrogen-bond acceptors (Lipinski definition) is 7. The molecular weight excluding hydrogens is 558 g/mol. The van der Waals surface area contributed by atoms with Gasteiger partial charge in [0, 0.05) is 36.5 Å². The van der Waals surface area contributed by atoms with Gasteiger partial charge in [0.15, 0.2) is 0 Å². The summed E-state index contributed by atoms with van der Waals surface area (Å²) < 4.78 is 66.5. The van der Waals surface area contributed by atoms with Crippen molar-refractivity contribution in [2.24, 2.45) is 0 Å². The fourth-order valence-electron chi connectivity index (χ4n) is 4.57. The maximum absolute atomic E-state index is 14.0. The molecule has 0 radical (unpaired) electrons. The Kier molecular flexibility index (Phi) is 7.94. The maximum Gasteiger partial charge on any atom is 0.420 e. The Labute approximate surface area is 237 Å². The number of amides is 2. The summed E-state index contributed by atoms with van der Waals surface area (Å²) in [7, 11) is 1.37. The molecule has 0 unspecified atom stereocenters. The van der Waals surface area contributed by atoms with Crippen molar-refractivity contribution < 1.29 is 36.3 Å². The van der Waals surface area contributed by atoms with E-state index in [0.29, 0.717) is 11.4 Å². The zero-order valence-electron chi connectivity index (χ0n) is 22.2. The topological polar surface area (TPSA) is 124 Å². The largest absolute Gasteiger partial charge is 0.459 e. The summed E-state index contributed by atoms with van der Waals surface area (Å²) in [6.45, 7) is -0.187. The van der Waals surface area contributed by atoms with E-state index in [-0.39, 0.29) is 53.2 Å². The molecule has 2 amide bonds. The van der Waals surface area contributed by atoms with E-state index < -0.39 is 35.8 Å². The van der Waals surface area contributed by atoms with Gasteiger partial charge in [0.1, 0.15) is 29.4 Å². The minimum Gasteiger partial charge on any atom is -0.459 e. The summed E-state index contributed by atoms with van der Waals surface area (Å²) in [5.74, 6) is -0.494. The van der Waals surface area contributed by atoms with Crippen molar-refractivity contribution in [1.82, 2.24) is 20.2 Å². The molecular formula is C29H25F4N5O4. The van der Waals surface area contributed by atoms with Crippen LogP contribution in [0.1, 0.15) is 27.2 Å². The zero-order chi connectivity index (χ0) is 30.0. The quantitative estimate of drug-likeness (QED) is 0.240. The summed E-state index contributed by atoms with van der Waals surface area (Å²) in [6, 6.07) is 9.91. The van der Waals surface area contributed by atoms with Crippen LogP contribution in [0.25, 0.3) is 28.3 Å². The van der Waals surface area contributed by atoms with Crippen LogP contribution in [0.4, 0.5) is 23.4 Å². The van der Waals surface area contributed by atoms with Gasteiger partial charge in [-0.05, 0) is 54.1 Å². The number of halogens is 4. The molecule has 0 spiro atoms. The van der Waals surface area contributed by atoms with E-state index in [4.69, 9.17) is 14.9 Å². The third-order valence-electron chi connectivity index (χ3n) is 6.74. The summed E-state index contributed by atoms with van der Waals surface area (Å²) in [5, 5.41) is 2.73. The second kappa shape index (κ2) is 11.6. The van der Waals surface area contributed by atoms with Crippen LogP contribution in [-0.4, -0.2) is 59.2 Å². The summed E-state index contributed by atoms with van der Waals surface area (Å²) in [4.78, 5) is 34.4. The predicted molar refractivity (Wildman–Crippen MR) is 146 cm³/mol. The first-order valence-electron chi connectivity index (χ1n) is 12.8. The third kappa shape index (κ3) is 6.25. The average molecular weight is 584 g/mol. The van der Waals surface area contributed by atoms with Crippen molar-refractivity contribution in [2.45, 2.75) is 25.0 Å². The summed E-state index contributed by atoms with van der Waals surface area (Å²) in [6.07, 6.45) is -1.27. The van der Waals surface area contributed by atoms with Gasteiger partial charge < -0.3 is 25.1 Å². The highest BCUT2D eigenvalue weighted by Crippen LogP contribution is 2.39. The summed E-state index contributed by atoms with van der Waals surface area (Å²) in [5.41, 5.74) is 5.28. The fourth-order valence-corrected chi connectivity index (χ4v) is 4.57. The van der Waals surface area contributed by atoms with Gasteiger partial charge in [0.2, 0.25) is 5.91 Å². The lowest BCUT2D eigenvalue weighted by Crippen LogP contribution is -2.30. The van der Waals surface area contributed by atoms with Crippen molar-refractivity contribution in [3.05, 3.63) is 83.4 Å². The minimum atomic E-state index is -4.74. The lowest BCUT2D eigenvalue weighted by molar-refractivity contribution is -0.136. The van der Waals surface area contributed by atoms with Gasteiger partial charge in [-0.15, -0.1) is 0 Å². The van der Waals surface area contributed by atoms with E-state index in [1.165, 1.54) is 60.8 Å². The standard InChI is InChI=1S/C29H25F4N5O4/c1-41-24-15-38(14-22(24)30)28(40)17-4-5-23(35-12-17)18-8-19-9-20(42-27(19)21(10-18)29(31,32)33)13-37-26(39)7-3-16-2-6-25(34)36-11-16/h2-12,22,24H,13-15H2,1H3,(H2,34,36)(H,37,39)/t22-,24-/m1/s1. The van der Waals surface area contributed by atoms with Gasteiger partial charge in [0.25, 0.3) is 5.91 Å². The highest BCUT2D eigenvalue weighted by atomic mass is 19.4. The first kappa shape index (κ1) is 28.7. The van der Waals surface area contributed by atoms with Gasteiger partial charge in [-0.1, -0.05) is 0 Å². The Bertz CT molecular complexity index is 1640. The van der Waals surface area contributed by atoms with E-state index in [1.807, 2.05) is 0 Å². The molecule has 0 aliphatic carbocycles. The van der Waals surface area contributed by atoms with Gasteiger partial charge in [-0.3, -0.25) is 14.6 Å². The minimum absolute atomic E-state index is 0.0868. The predicted octanol–water partition coefficient (Wildman–Crippen LogP) is 4.63. The van der Waals surface area contributed by atoms with Crippen LogP contribution >= 0.6 is 0 Å². The number of nitrogens with one attached hydrogen (secondary N) is 1. The van der Waals surface area contributed by atoms with E-state index in [9.17, 15) is 27.2 Å². The third-order valence-corrected chi connectivity index (χ3v) is 6.74. The number of methoxy groups -OCH3 is 1. The molecule has 2 atom stereocenters. The SMILES string of the molecule is CO[C@@H]1CN(C(=O)c2ccc(-c3cc(C(F)(F)F)c4oc(CNC(=O)C=Cc5ccc(N)nc5)cc4c3)nc2)C[C@H]1F. The molecule has 0 bridgehead atoms. The Morgan fingerprint density at radius 1 is 1.14 bits per heavy atom. The number of fused-ring (bicyclic) bond motifs is 1. The van der Waals surface area contributed by atoms with Crippen molar-refractivity contribution in [1.29, 1.82) is 0 Å². The Balaban J connectivity index is 1.34. The Morgan fingerprint density at radius 2 is 1.95 bits per heavy atom. The molecule has 4 aromatic rings. The molecule has 1 fully saturated rings. The fraction of sp³-hybridized carbons (Fsp3) is 0.241. The second-order valence-corrected chi connectivity index (χ2v) is 9.65. The molecule has 1 aromatic carbocycles. The lowest BCUT2D eigenvalue weighted by Gasteiger charge is -2.15. The average Bonchev–Trinajstić information content (AvgIpc) is 3.57. The molecule has 1 saturated heterocycles. The van der Waals surface area contributed by atoms with Gasteiger partial charge in [-0.2, -0.15) is 13.2 Å². The molecule has 218 valence electrons. The number of rotatable bonds is 7. The highest BCUT2D eigenvalue weighted by molar-refractivity contribution is 5.95. The van der Waals surface area contributed by atoms with Crippen molar-refractivity contribution >= 4 is 34.7 Å². The molecule has 1 aliphatic rings. The number of hydrogen-bond donors (Lipinski definition) is 2. The second-order valence-electron chi connectivity index (χ2n) is 9.65. The van der Waals surface area contributed by atoms with Crippen LogP contribution in [0.3, 0.4) is 0 Å². The van der Waals surface area contributed by atoms with E-state index in [2.05, 4.69) is 15.3 Å². The number of pyridine rings is 2. The van der Waals surface area contributed by atoms with Crippen LogP contribution in [0.5, 0.6) is 0 Å². The number of furan rings is 1. The van der Waals surface area contributed by atoms with Gasteiger partial charge in [0.05, 0.1) is 36.5 Å². The molecule has 9 nitrogen and oxygen atoms in total. The molecule has 13 heteroatoms. The van der Waals surface area contributed by atoms with Crippen molar-refractivity contribution in [3.8, 4) is 11.3 Å². The number of anilines is 1. The van der Waals surface area contributed by atoms with Crippen molar-refractivity contribution in [3.63, 3.8) is 0 Å². The number of carbonyl (C=O) groups excluding carboxylic acids is 2. The number of nitrogens with zero attached hydrogens (tertiary/aromatic N) is 3. The van der Waals surface area contributed by atoms with Gasteiger partial charge in [-0.25, -0.2) is 9.37 Å². The van der Waals surface area contributed by atoms with Gasteiger partial charge >= 0.3 is 6.18 Å². The zero-order valence-corrected chi connectivity index (χ0v) is 22.2. The lowest BCUT2D eigenvalue weighted by atomic mass is 10.0. The maximum atomic E-state index is 14.0. The monoisotopic (exact) mass is 583 g/mol. The van der Waals surface area contributed by atoms with Crippen LogP contribution < -0.4 is 11.1 Å². The van der Waals surface area contributed by atoms with Crippen LogP contribution in [-0.2, 0) is 22.3 Å². The number of aromatic nitrogens is 2. The van der Waals surface area contributed by atoms with Crippen molar-refractivity contribution in [2.75, 3.05) is 25.9 Å². The first-order valence-corrected chi connectivity index (χ1v) is 12.8. The van der Waals surface area contributed by atoms with E-state index >= 15 is 0 Å². The first-order chi connectivity index (χ1) is 20.0. The number of nitrogens with two attached hydrogens (primary N) is 1. The molecule has 1 aliphatic heterocycles. The number of carbonyl (C=O) groups is 2. The molecule has 3 aromatic heterocycles. The van der Waals surface area contributed by atoms with E-state index in [0.717, 1.165) is 6.07 Å². The number of benzene rings is 1. The molecule has 3 N–H and O–H groups in total. The molecule has 4 heterocycles. The number of ether oxygens (including phenoxy) is 1. The van der Waals surface area contributed by atoms with Crippen LogP contribution in [0, 0.1) is 0 Å². The Morgan fingerprint density at radius 3 is 2.60 bits per heavy atom. The smallest absolute Gasteiger partial charge is 0.420 e. The van der Waals surface area contributed by atoms with Crippen LogP contribution in [0.15, 0.2) is 65.4 Å². The molecule has 0 saturated carbocycles. The Hall–Kier alpha value is -4.78. The number of alkyl halides is 4. The normalized spacial score (nSPS) is 17.3. The molecule has 42 heavy (non-hydrogen) atoms. The number of likely N-dealkylation sites (tertiary alicyclic amines) is 1. The molecule has 5 rings (SSSR count). The summed E-state index contributed by atoms with van der Waals surface area (Å²) >= 11 is 0. The van der Waals surface area contributed by atoms with E-state index in [1.54, 1.807) is 12.1 Å². The number of nitrogen functional groups attached to an aromatic ring is 1. The van der Waals surface area contributed by atoms with Crippen LogP contribution in [0.2, 0.25) is 0 Å². The highest BCUT2D eigenvalue weighted by Gasteiger charge is 2.37.